The van der Waals surface area contributed by atoms with Crippen LogP contribution in [0.1, 0.15) is 78.1 Å². The molecule has 1 aromatic carbocycles. The van der Waals surface area contributed by atoms with Crippen LogP contribution in [0.4, 0.5) is 0 Å². The Morgan fingerprint density at radius 2 is 1.50 bits per heavy atom. The first-order valence-corrected chi connectivity index (χ1v) is 9.19. The zero-order valence-corrected chi connectivity index (χ0v) is 17.1. The summed E-state index contributed by atoms with van der Waals surface area (Å²) in [5, 5.41) is 0. The lowest BCUT2D eigenvalue weighted by Gasteiger charge is -2.08. The summed E-state index contributed by atoms with van der Waals surface area (Å²) in [5.74, 6) is 0.478. The third-order valence-electron chi connectivity index (χ3n) is 3.43. The Kier molecular flexibility index (Phi) is 10.7. The van der Waals surface area contributed by atoms with Crippen molar-refractivity contribution in [3.05, 3.63) is 58.9 Å². The zero-order valence-electron chi connectivity index (χ0n) is 17.1. The Morgan fingerprint density at radius 3 is 1.92 bits per heavy atom. The highest BCUT2D eigenvalue weighted by Crippen LogP contribution is 2.24. The van der Waals surface area contributed by atoms with Crippen LogP contribution in [0.25, 0.3) is 17.2 Å². The van der Waals surface area contributed by atoms with Gasteiger partial charge in [-0.2, -0.15) is 0 Å². The van der Waals surface area contributed by atoms with Gasteiger partial charge in [0.05, 0.1) is 0 Å². The average Bonchev–Trinajstić information content (AvgIpc) is 2.60. The van der Waals surface area contributed by atoms with E-state index < -0.39 is 0 Å². The molecule has 0 aliphatic rings. The van der Waals surface area contributed by atoms with Crippen LogP contribution in [0.15, 0.2) is 42.1 Å². The monoisotopic (exact) mass is 325 g/mol. The summed E-state index contributed by atoms with van der Waals surface area (Å²) in [6.07, 6.45) is 4.20. The molecule has 0 unspecified atom stereocenters. The smallest absolute Gasteiger partial charge is 0.0429 e. The van der Waals surface area contributed by atoms with Gasteiger partial charge in [0, 0.05) is 17.5 Å². The standard InChI is InChI=1S/C19H23N.2C2H6/c1-13(2)10-16-6-7-17(11-15(16)5)18-8-9-19(14(3)4)20-12-18;2*1-2/h6-12,14H,1-5H3;2*1-2H3. The van der Waals surface area contributed by atoms with E-state index in [1.165, 1.54) is 27.8 Å². The SMILES string of the molecule is CC.CC.CC(C)=Cc1ccc(-c2ccc(C(C)C)nc2)cc1C. The van der Waals surface area contributed by atoms with Crippen molar-refractivity contribution in [2.45, 2.75) is 68.2 Å². The highest BCUT2D eigenvalue weighted by Gasteiger charge is 2.04. The second kappa shape index (κ2) is 11.6. The van der Waals surface area contributed by atoms with Gasteiger partial charge < -0.3 is 0 Å². The maximum Gasteiger partial charge on any atom is 0.0429 e. The normalized spacial score (nSPS) is 9.42. The largest absolute Gasteiger partial charge is 0.260 e. The van der Waals surface area contributed by atoms with Gasteiger partial charge >= 0.3 is 0 Å². The fourth-order valence-electron chi connectivity index (χ4n) is 2.25. The van der Waals surface area contributed by atoms with E-state index >= 15 is 0 Å². The summed E-state index contributed by atoms with van der Waals surface area (Å²) < 4.78 is 0. The van der Waals surface area contributed by atoms with Crippen molar-refractivity contribution in [2.24, 2.45) is 0 Å². The van der Waals surface area contributed by atoms with E-state index in [2.05, 4.69) is 76.0 Å². The number of allylic oxidation sites excluding steroid dienone is 1. The highest BCUT2D eigenvalue weighted by atomic mass is 14.7. The van der Waals surface area contributed by atoms with E-state index in [1.54, 1.807) is 0 Å². The van der Waals surface area contributed by atoms with Crippen molar-refractivity contribution in [1.29, 1.82) is 0 Å². The molecule has 132 valence electrons. The molecule has 2 aromatic rings. The second-order valence-corrected chi connectivity index (χ2v) is 5.92. The van der Waals surface area contributed by atoms with Gasteiger partial charge in [0.15, 0.2) is 0 Å². The quantitative estimate of drug-likeness (QED) is 0.564. The molecule has 2 rings (SSSR count). The summed E-state index contributed by atoms with van der Waals surface area (Å²) in [6, 6.07) is 10.9. The first-order chi connectivity index (χ1) is 11.5. The van der Waals surface area contributed by atoms with Gasteiger partial charge in [0.2, 0.25) is 0 Å². The summed E-state index contributed by atoms with van der Waals surface area (Å²) in [6.45, 7) is 18.7. The fraction of sp³-hybridized carbons (Fsp3) is 0.435. The van der Waals surface area contributed by atoms with Crippen molar-refractivity contribution >= 4 is 6.08 Å². The molecule has 1 heteroatoms. The predicted molar refractivity (Wildman–Crippen MR) is 111 cm³/mol. The van der Waals surface area contributed by atoms with Crippen LogP contribution in [-0.4, -0.2) is 4.98 Å². The Bertz CT molecular complexity index is 615. The number of nitrogens with zero attached hydrogens (tertiary/aromatic N) is 1. The number of aryl methyl sites for hydroxylation is 1. The molecular formula is C23H35N. The number of aromatic nitrogens is 1. The lowest BCUT2D eigenvalue weighted by molar-refractivity contribution is 0.823. The van der Waals surface area contributed by atoms with Gasteiger partial charge in [-0.3, -0.25) is 4.98 Å². The molecule has 1 aromatic heterocycles. The molecule has 0 radical (unpaired) electrons. The van der Waals surface area contributed by atoms with E-state index in [0.717, 1.165) is 5.69 Å². The topological polar surface area (TPSA) is 12.9 Å². The van der Waals surface area contributed by atoms with Crippen molar-refractivity contribution in [3.8, 4) is 11.1 Å². The number of rotatable bonds is 3. The van der Waals surface area contributed by atoms with Gasteiger partial charge in [0.25, 0.3) is 0 Å². The number of pyridine rings is 1. The van der Waals surface area contributed by atoms with E-state index in [1.807, 2.05) is 33.9 Å². The van der Waals surface area contributed by atoms with Crippen LogP contribution in [0.5, 0.6) is 0 Å². The molecule has 0 bridgehead atoms. The van der Waals surface area contributed by atoms with E-state index in [4.69, 9.17) is 0 Å². The van der Waals surface area contributed by atoms with Crippen LogP contribution in [-0.2, 0) is 0 Å². The third kappa shape index (κ3) is 6.70. The van der Waals surface area contributed by atoms with Crippen molar-refractivity contribution < 1.29 is 0 Å². The van der Waals surface area contributed by atoms with Gasteiger partial charge in [0.1, 0.15) is 0 Å². The molecule has 0 saturated carbocycles. The Hall–Kier alpha value is -1.89. The van der Waals surface area contributed by atoms with Gasteiger partial charge in [-0.25, -0.2) is 0 Å². The van der Waals surface area contributed by atoms with E-state index in [0.29, 0.717) is 5.92 Å². The van der Waals surface area contributed by atoms with Crippen LogP contribution >= 0.6 is 0 Å². The molecule has 24 heavy (non-hydrogen) atoms. The average molecular weight is 326 g/mol. The summed E-state index contributed by atoms with van der Waals surface area (Å²) >= 11 is 0. The molecule has 0 spiro atoms. The number of benzene rings is 1. The third-order valence-corrected chi connectivity index (χ3v) is 3.43. The molecule has 1 heterocycles. The highest BCUT2D eigenvalue weighted by molar-refractivity contribution is 5.67. The summed E-state index contributed by atoms with van der Waals surface area (Å²) in [7, 11) is 0. The predicted octanol–water partition coefficient (Wildman–Crippen LogP) is 7.66. The minimum absolute atomic E-state index is 0.478. The van der Waals surface area contributed by atoms with Crippen molar-refractivity contribution in [1.82, 2.24) is 4.98 Å². The Morgan fingerprint density at radius 1 is 0.917 bits per heavy atom. The zero-order chi connectivity index (χ0) is 18.7. The van der Waals surface area contributed by atoms with Crippen molar-refractivity contribution in [2.75, 3.05) is 0 Å². The van der Waals surface area contributed by atoms with Crippen LogP contribution < -0.4 is 0 Å². The van der Waals surface area contributed by atoms with Crippen molar-refractivity contribution in [3.63, 3.8) is 0 Å². The number of hydrogen-bond donors (Lipinski definition) is 0. The van der Waals surface area contributed by atoms with Gasteiger partial charge in [-0.1, -0.05) is 77.5 Å². The van der Waals surface area contributed by atoms with Gasteiger partial charge in [-0.15, -0.1) is 0 Å². The minimum Gasteiger partial charge on any atom is -0.260 e. The molecule has 0 fully saturated rings. The number of hydrogen-bond acceptors (Lipinski definition) is 1. The minimum atomic E-state index is 0.478. The summed E-state index contributed by atoms with van der Waals surface area (Å²) in [4.78, 5) is 4.54. The van der Waals surface area contributed by atoms with Gasteiger partial charge in [-0.05, 0) is 49.4 Å². The maximum absolute atomic E-state index is 4.54. The second-order valence-electron chi connectivity index (χ2n) is 5.92. The molecule has 0 aliphatic carbocycles. The molecule has 0 saturated heterocycles. The lowest BCUT2D eigenvalue weighted by atomic mass is 9.99. The van der Waals surface area contributed by atoms with Crippen LogP contribution in [0.3, 0.4) is 0 Å². The molecular weight excluding hydrogens is 290 g/mol. The molecule has 1 nitrogen and oxygen atoms in total. The van der Waals surface area contributed by atoms with Crippen LogP contribution in [0, 0.1) is 6.92 Å². The Labute approximate surface area is 149 Å². The molecule has 0 amide bonds. The summed E-state index contributed by atoms with van der Waals surface area (Å²) in [5.41, 5.74) is 7.48. The Balaban J connectivity index is 0.00000123. The maximum atomic E-state index is 4.54. The van der Waals surface area contributed by atoms with Crippen LogP contribution in [0.2, 0.25) is 0 Å². The molecule has 0 aliphatic heterocycles. The van der Waals surface area contributed by atoms with E-state index in [-0.39, 0.29) is 0 Å². The fourth-order valence-corrected chi connectivity index (χ4v) is 2.25. The lowest BCUT2D eigenvalue weighted by Crippen LogP contribution is -1.92. The molecule has 0 atom stereocenters. The first kappa shape index (κ1) is 22.1. The molecule has 0 N–H and O–H groups in total. The first-order valence-electron chi connectivity index (χ1n) is 9.19. The van der Waals surface area contributed by atoms with E-state index in [9.17, 15) is 0 Å².